The summed E-state index contributed by atoms with van der Waals surface area (Å²) in [7, 11) is 0. The van der Waals surface area contributed by atoms with Crippen LogP contribution in [0.2, 0.25) is 0 Å². The molecule has 0 aromatic rings. The van der Waals surface area contributed by atoms with Crippen LogP contribution in [0, 0.1) is 0 Å². The minimum Gasteiger partial charge on any atom is -0.390 e. The number of β-amino-alcohol motifs (C(OH)–C–C–N with tert-alkyl or cyclic N) is 1. The van der Waals surface area contributed by atoms with Gasteiger partial charge in [0.05, 0.1) is 19.3 Å². The predicted octanol–water partition coefficient (Wildman–Crippen LogP) is 0.0206. The second-order valence-electron chi connectivity index (χ2n) is 4.33. The topological polar surface area (TPSA) is 44.7 Å². The lowest BCUT2D eigenvalue weighted by Crippen LogP contribution is -2.45. The van der Waals surface area contributed by atoms with Crippen LogP contribution in [0.15, 0.2) is 0 Å². The fraction of sp³-hybridized carbons (Fsp3) is 1.00. The van der Waals surface area contributed by atoms with Gasteiger partial charge in [0.25, 0.3) is 0 Å². The second-order valence-corrected chi connectivity index (χ2v) is 5.24. The van der Waals surface area contributed by atoms with Crippen LogP contribution in [-0.2, 0) is 4.74 Å². The van der Waals surface area contributed by atoms with Crippen LogP contribution >= 0.6 is 11.8 Å². The molecule has 1 heterocycles. The molecule has 0 bridgehead atoms. The monoisotopic (exact) mass is 248 g/mol. The Morgan fingerprint density at radius 3 is 2.75 bits per heavy atom. The highest BCUT2D eigenvalue weighted by Crippen LogP contribution is 1.99. The number of nitrogens with one attached hydrogen (secondary N) is 1. The number of aliphatic hydroxyl groups is 1. The zero-order valence-corrected chi connectivity index (χ0v) is 11.1. The molecule has 0 amide bonds. The Bertz CT molecular complexity index is 177. The summed E-state index contributed by atoms with van der Waals surface area (Å²) in [5.41, 5.74) is 0. The molecule has 1 aliphatic heterocycles. The molecule has 0 aliphatic carbocycles. The van der Waals surface area contributed by atoms with Gasteiger partial charge in [-0.25, -0.2) is 0 Å². The molecule has 0 aromatic carbocycles. The van der Waals surface area contributed by atoms with Gasteiger partial charge in [-0.1, -0.05) is 0 Å². The van der Waals surface area contributed by atoms with Gasteiger partial charge in [-0.3, -0.25) is 4.90 Å². The molecule has 1 fully saturated rings. The van der Waals surface area contributed by atoms with Gasteiger partial charge in [0.15, 0.2) is 0 Å². The molecule has 0 radical (unpaired) electrons. The number of rotatable bonds is 7. The van der Waals surface area contributed by atoms with Crippen molar-refractivity contribution >= 4 is 11.8 Å². The average molecular weight is 248 g/mol. The average Bonchev–Trinajstić information content (AvgIpc) is 2.28. The Morgan fingerprint density at radius 1 is 1.44 bits per heavy atom. The SMILES string of the molecule is CSCC(C)NCC(O)CN1CCOCC1. The summed E-state index contributed by atoms with van der Waals surface area (Å²) in [5.74, 6) is 1.09. The number of aliphatic hydroxyl groups excluding tert-OH is 1. The van der Waals surface area contributed by atoms with Gasteiger partial charge < -0.3 is 15.2 Å². The maximum Gasteiger partial charge on any atom is 0.0791 e. The van der Waals surface area contributed by atoms with E-state index in [9.17, 15) is 5.11 Å². The number of ether oxygens (including phenoxy) is 1. The van der Waals surface area contributed by atoms with E-state index in [2.05, 4.69) is 23.4 Å². The lowest BCUT2D eigenvalue weighted by atomic mass is 10.2. The molecule has 2 N–H and O–H groups in total. The van der Waals surface area contributed by atoms with Crippen molar-refractivity contribution < 1.29 is 9.84 Å². The van der Waals surface area contributed by atoms with Crippen LogP contribution in [0.3, 0.4) is 0 Å². The summed E-state index contributed by atoms with van der Waals surface area (Å²) in [4.78, 5) is 2.26. The third kappa shape index (κ3) is 6.06. The molecular formula is C11H24N2O2S. The molecule has 1 saturated heterocycles. The summed E-state index contributed by atoms with van der Waals surface area (Å²) in [5, 5.41) is 13.2. The summed E-state index contributed by atoms with van der Waals surface area (Å²) in [6.07, 6.45) is 1.82. The van der Waals surface area contributed by atoms with Crippen molar-refractivity contribution in [2.24, 2.45) is 0 Å². The molecule has 16 heavy (non-hydrogen) atoms. The summed E-state index contributed by atoms with van der Waals surface area (Å²) < 4.78 is 5.27. The predicted molar refractivity (Wildman–Crippen MR) is 69.1 cm³/mol. The Hall–Kier alpha value is 0.190. The summed E-state index contributed by atoms with van der Waals surface area (Å²) >= 11 is 1.83. The highest BCUT2D eigenvalue weighted by molar-refractivity contribution is 7.98. The molecule has 0 spiro atoms. The van der Waals surface area contributed by atoms with Crippen molar-refractivity contribution in [3.05, 3.63) is 0 Å². The first-order chi connectivity index (χ1) is 7.72. The first kappa shape index (κ1) is 14.3. The third-order valence-corrected chi connectivity index (χ3v) is 3.52. The first-order valence-corrected chi connectivity index (χ1v) is 7.32. The van der Waals surface area contributed by atoms with E-state index < -0.39 is 0 Å². The van der Waals surface area contributed by atoms with E-state index in [0.717, 1.165) is 38.6 Å². The van der Waals surface area contributed by atoms with Crippen LogP contribution in [-0.4, -0.2) is 73.6 Å². The molecule has 1 rings (SSSR count). The maximum absolute atomic E-state index is 9.87. The van der Waals surface area contributed by atoms with Gasteiger partial charge in [0.1, 0.15) is 0 Å². The van der Waals surface area contributed by atoms with Gasteiger partial charge >= 0.3 is 0 Å². The molecule has 1 aliphatic rings. The fourth-order valence-electron chi connectivity index (χ4n) is 1.79. The number of morpholine rings is 1. The number of hydrogen-bond acceptors (Lipinski definition) is 5. The van der Waals surface area contributed by atoms with Gasteiger partial charge in [-0.15, -0.1) is 0 Å². The summed E-state index contributed by atoms with van der Waals surface area (Å²) in [6.45, 7) is 7.06. The minimum atomic E-state index is -0.276. The molecule has 2 unspecified atom stereocenters. The number of nitrogens with zero attached hydrogens (tertiary/aromatic N) is 1. The smallest absolute Gasteiger partial charge is 0.0791 e. The zero-order chi connectivity index (χ0) is 11.8. The normalized spacial score (nSPS) is 21.9. The molecular weight excluding hydrogens is 224 g/mol. The Morgan fingerprint density at radius 2 is 2.12 bits per heavy atom. The van der Waals surface area contributed by atoms with E-state index in [1.54, 1.807) is 0 Å². The Balaban J connectivity index is 2.07. The summed E-state index contributed by atoms with van der Waals surface area (Å²) in [6, 6.07) is 0.467. The number of hydrogen-bond donors (Lipinski definition) is 2. The van der Waals surface area contributed by atoms with Crippen molar-refractivity contribution in [3.63, 3.8) is 0 Å². The highest BCUT2D eigenvalue weighted by atomic mass is 32.2. The van der Waals surface area contributed by atoms with Gasteiger partial charge in [0, 0.05) is 38.0 Å². The molecule has 4 nitrogen and oxygen atoms in total. The van der Waals surface area contributed by atoms with E-state index in [1.807, 2.05) is 11.8 Å². The van der Waals surface area contributed by atoms with E-state index in [0.29, 0.717) is 12.6 Å². The van der Waals surface area contributed by atoms with Gasteiger partial charge in [0.2, 0.25) is 0 Å². The minimum absolute atomic E-state index is 0.276. The zero-order valence-electron chi connectivity index (χ0n) is 10.3. The van der Waals surface area contributed by atoms with Crippen molar-refractivity contribution in [2.75, 3.05) is 51.4 Å². The van der Waals surface area contributed by atoms with Gasteiger partial charge in [-0.05, 0) is 13.2 Å². The molecule has 2 atom stereocenters. The van der Waals surface area contributed by atoms with E-state index in [4.69, 9.17) is 4.74 Å². The quantitative estimate of drug-likeness (QED) is 0.665. The van der Waals surface area contributed by atoms with Crippen molar-refractivity contribution in [1.29, 1.82) is 0 Å². The molecule has 96 valence electrons. The van der Waals surface area contributed by atoms with Crippen molar-refractivity contribution in [3.8, 4) is 0 Å². The maximum atomic E-state index is 9.87. The fourth-order valence-corrected chi connectivity index (χ4v) is 2.41. The van der Waals surface area contributed by atoms with E-state index in [1.165, 1.54) is 0 Å². The lowest BCUT2D eigenvalue weighted by molar-refractivity contribution is 0.0146. The molecule has 5 heteroatoms. The standard InChI is InChI=1S/C11H24N2O2S/c1-10(9-16-2)12-7-11(14)8-13-3-5-15-6-4-13/h10-12,14H,3-9H2,1-2H3. The van der Waals surface area contributed by atoms with Crippen molar-refractivity contribution in [1.82, 2.24) is 10.2 Å². The highest BCUT2D eigenvalue weighted by Gasteiger charge is 2.15. The van der Waals surface area contributed by atoms with E-state index >= 15 is 0 Å². The molecule has 0 aromatic heterocycles. The molecule has 0 saturated carbocycles. The number of thioether (sulfide) groups is 1. The van der Waals surface area contributed by atoms with Crippen LogP contribution in [0.25, 0.3) is 0 Å². The Labute approximate surface area is 103 Å². The second kappa shape index (κ2) is 8.31. The van der Waals surface area contributed by atoms with Crippen LogP contribution in [0.4, 0.5) is 0 Å². The Kier molecular flexibility index (Phi) is 7.40. The van der Waals surface area contributed by atoms with Crippen LogP contribution in [0.5, 0.6) is 0 Å². The van der Waals surface area contributed by atoms with Crippen LogP contribution < -0.4 is 5.32 Å². The lowest BCUT2D eigenvalue weighted by Gasteiger charge is -2.29. The van der Waals surface area contributed by atoms with Crippen molar-refractivity contribution in [2.45, 2.75) is 19.1 Å². The van der Waals surface area contributed by atoms with Gasteiger partial charge in [-0.2, -0.15) is 11.8 Å². The first-order valence-electron chi connectivity index (χ1n) is 5.93. The third-order valence-electron chi connectivity index (χ3n) is 2.69. The van der Waals surface area contributed by atoms with Crippen LogP contribution in [0.1, 0.15) is 6.92 Å². The largest absolute Gasteiger partial charge is 0.390 e. The van der Waals surface area contributed by atoms with E-state index in [-0.39, 0.29) is 6.10 Å².